The molecule has 1 saturated carbocycles. The van der Waals surface area contributed by atoms with Crippen LogP contribution in [0.25, 0.3) is 0 Å². The SMILES string of the molecule is CNNC1=C(C(=N)C(F)(F)F)C2CC2C1(F)F. The van der Waals surface area contributed by atoms with E-state index in [4.69, 9.17) is 5.41 Å². The number of halogens is 5. The topological polar surface area (TPSA) is 47.9 Å². The van der Waals surface area contributed by atoms with Crippen LogP contribution >= 0.6 is 0 Å². The van der Waals surface area contributed by atoms with Crippen molar-refractivity contribution in [2.45, 2.75) is 18.5 Å². The Kier molecular flexibility index (Phi) is 2.46. The number of nitrogens with one attached hydrogen (secondary N) is 3. The lowest BCUT2D eigenvalue weighted by molar-refractivity contribution is -0.0592. The molecule has 2 aliphatic carbocycles. The predicted octanol–water partition coefficient (Wildman–Crippen LogP) is 1.83. The van der Waals surface area contributed by atoms with Gasteiger partial charge < -0.3 is 5.43 Å². The molecule has 0 radical (unpaired) electrons. The van der Waals surface area contributed by atoms with Crippen LogP contribution in [0.3, 0.4) is 0 Å². The molecule has 2 rings (SSSR count). The summed E-state index contributed by atoms with van der Waals surface area (Å²) in [4.78, 5) is 0. The Labute approximate surface area is 93.5 Å². The molecule has 0 saturated heterocycles. The standard InChI is InChI=1S/C9H10F5N3/c1-16-17-7-5(6(15)9(12,13)14)3-2-4(3)8(7,10)11/h3-4,15-17H,2H2,1H3. The van der Waals surface area contributed by atoms with Gasteiger partial charge in [-0.2, -0.15) is 22.0 Å². The molecule has 0 amide bonds. The van der Waals surface area contributed by atoms with Gasteiger partial charge in [0.05, 0.1) is 0 Å². The zero-order chi connectivity index (χ0) is 13.0. The molecule has 3 nitrogen and oxygen atoms in total. The number of allylic oxidation sites excluding steroid dienone is 2. The molecule has 2 atom stereocenters. The van der Waals surface area contributed by atoms with Crippen molar-refractivity contribution in [1.82, 2.24) is 10.9 Å². The Hall–Kier alpha value is -1.18. The molecule has 0 aromatic rings. The van der Waals surface area contributed by atoms with Crippen molar-refractivity contribution in [1.29, 1.82) is 5.41 Å². The first-order valence-corrected chi connectivity index (χ1v) is 4.92. The number of fused-ring (bicyclic) bond motifs is 1. The Bertz CT molecular complexity index is 398. The normalized spacial score (nSPS) is 30.2. The van der Waals surface area contributed by atoms with Gasteiger partial charge in [-0.25, -0.2) is 5.43 Å². The average molecular weight is 255 g/mol. The first kappa shape index (κ1) is 12.3. The molecule has 2 aliphatic rings. The van der Waals surface area contributed by atoms with Crippen molar-refractivity contribution in [3.8, 4) is 0 Å². The molecule has 8 heteroatoms. The second-order valence-corrected chi connectivity index (χ2v) is 4.11. The second kappa shape index (κ2) is 3.41. The Morgan fingerprint density at radius 2 is 2.00 bits per heavy atom. The van der Waals surface area contributed by atoms with E-state index in [9.17, 15) is 22.0 Å². The predicted molar refractivity (Wildman–Crippen MR) is 49.5 cm³/mol. The molecule has 0 aromatic heterocycles. The molecule has 96 valence electrons. The van der Waals surface area contributed by atoms with Gasteiger partial charge in [-0.3, -0.25) is 5.41 Å². The number of hydrogen-bond donors (Lipinski definition) is 3. The lowest BCUT2D eigenvalue weighted by Crippen LogP contribution is -2.39. The van der Waals surface area contributed by atoms with Gasteiger partial charge in [-0.1, -0.05) is 0 Å². The summed E-state index contributed by atoms with van der Waals surface area (Å²) in [5.74, 6) is -5.27. The minimum Gasteiger partial charge on any atom is -0.320 e. The van der Waals surface area contributed by atoms with Crippen molar-refractivity contribution in [2.75, 3.05) is 7.05 Å². The smallest absolute Gasteiger partial charge is 0.320 e. The van der Waals surface area contributed by atoms with Crippen LogP contribution in [0.2, 0.25) is 0 Å². The summed E-state index contributed by atoms with van der Waals surface area (Å²) in [5, 5.41) is 7.00. The van der Waals surface area contributed by atoms with Crippen LogP contribution in [0.15, 0.2) is 11.3 Å². The molecule has 0 aromatic carbocycles. The van der Waals surface area contributed by atoms with E-state index in [1.165, 1.54) is 7.05 Å². The van der Waals surface area contributed by atoms with Crippen LogP contribution < -0.4 is 10.9 Å². The monoisotopic (exact) mass is 255 g/mol. The van der Waals surface area contributed by atoms with Crippen molar-refractivity contribution >= 4 is 5.71 Å². The quantitative estimate of drug-likeness (QED) is 0.409. The maximum Gasteiger partial charge on any atom is 0.433 e. The van der Waals surface area contributed by atoms with Crippen molar-refractivity contribution in [2.24, 2.45) is 11.8 Å². The van der Waals surface area contributed by atoms with E-state index >= 15 is 0 Å². The van der Waals surface area contributed by atoms with Gasteiger partial charge in [0.25, 0.3) is 5.92 Å². The lowest BCUT2D eigenvalue weighted by atomic mass is 10.1. The highest BCUT2D eigenvalue weighted by Crippen LogP contribution is 2.62. The first-order valence-electron chi connectivity index (χ1n) is 4.92. The second-order valence-electron chi connectivity index (χ2n) is 4.11. The lowest BCUT2D eigenvalue weighted by Gasteiger charge is -2.20. The molecule has 0 heterocycles. The van der Waals surface area contributed by atoms with Crippen LogP contribution in [-0.4, -0.2) is 24.9 Å². The largest absolute Gasteiger partial charge is 0.433 e. The molecule has 0 spiro atoms. The fourth-order valence-corrected chi connectivity index (χ4v) is 2.20. The summed E-state index contributed by atoms with van der Waals surface area (Å²) in [6.07, 6.45) is -4.89. The van der Waals surface area contributed by atoms with E-state index in [0.29, 0.717) is 0 Å². The zero-order valence-corrected chi connectivity index (χ0v) is 8.75. The van der Waals surface area contributed by atoms with E-state index in [-0.39, 0.29) is 6.42 Å². The Morgan fingerprint density at radius 1 is 1.41 bits per heavy atom. The summed E-state index contributed by atoms with van der Waals surface area (Å²) in [5.41, 5.74) is 1.12. The average Bonchev–Trinajstić information content (AvgIpc) is 2.91. The third kappa shape index (κ3) is 1.70. The minimum absolute atomic E-state index is 0.00961. The number of hydrogen-bond acceptors (Lipinski definition) is 3. The number of alkyl halides is 5. The molecular formula is C9H10F5N3. The van der Waals surface area contributed by atoms with Crippen LogP contribution in [0, 0.1) is 17.2 Å². The minimum atomic E-state index is -4.90. The van der Waals surface area contributed by atoms with E-state index < -0.39 is 40.9 Å². The Balaban J connectivity index is 2.41. The van der Waals surface area contributed by atoms with Gasteiger partial charge in [0.15, 0.2) is 0 Å². The van der Waals surface area contributed by atoms with Gasteiger partial charge in [-0.05, 0) is 12.3 Å². The summed E-state index contributed by atoms with van der Waals surface area (Å²) in [7, 11) is 1.28. The fourth-order valence-electron chi connectivity index (χ4n) is 2.20. The highest BCUT2D eigenvalue weighted by molar-refractivity contribution is 6.04. The number of hydrazine groups is 1. The summed E-state index contributed by atoms with van der Waals surface area (Å²) in [6.45, 7) is 0. The van der Waals surface area contributed by atoms with Gasteiger partial charge >= 0.3 is 6.18 Å². The van der Waals surface area contributed by atoms with Crippen LogP contribution in [0.4, 0.5) is 22.0 Å². The maximum atomic E-state index is 13.6. The molecule has 0 bridgehead atoms. The van der Waals surface area contributed by atoms with E-state index in [2.05, 4.69) is 5.43 Å². The summed E-state index contributed by atoms with van der Waals surface area (Å²) >= 11 is 0. The third-order valence-electron chi connectivity index (χ3n) is 3.03. The summed E-state index contributed by atoms with van der Waals surface area (Å²) in [6, 6.07) is 0. The zero-order valence-electron chi connectivity index (χ0n) is 8.75. The Morgan fingerprint density at radius 3 is 2.47 bits per heavy atom. The molecule has 0 aliphatic heterocycles. The molecule has 2 unspecified atom stereocenters. The van der Waals surface area contributed by atoms with Gasteiger partial charge in [0.2, 0.25) is 0 Å². The van der Waals surface area contributed by atoms with Crippen molar-refractivity contribution < 1.29 is 22.0 Å². The number of rotatable bonds is 3. The highest BCUT2D eigenvalue weighted by atomic mass is 19.4. The van der Waals surface area contributed by atoms with Gasteiger partial charge in [-0.15, -0.1) is 0 Å². The van der Waals surface area contributed by atoms with Crippen molar-refractivity contribution in [3.63, 3.8) is 0 Å². The molecule has 1 fully saturated rings. The van der Waals surface area contributed by atoms with Crippen molar-refractivity contribution in [3.05, 3.63) is 11.3 Å². The van der Waals surface area contributed by atoms with Crippen LogP contribution in [0.5, 0.6) is 0 Å². The van der Waals surface area contributed by atoms with Crippen LogP contribution in [0.1, 0.15) is 6.42 Å². The van der Waals surface area contributed by atoms with E-state index in [1.54, 1.807) is 0 Å². The first-order chi connectivity index (χ1) is 7.71. The highest BCUT2D eigenvalue weighted by Gasteiger charge is 2.67. The molecular weight excluding hydrogens is 245 g/mol. The maximum absolute atomic E-state index is 13.6. The van der Waals surface area contributed by atoms with E-state index in [1.807, 2.05) is 5.43 Å². The third-order valence-corrected chi connectivity index (χ3v) is 3.03. The molecule has 3 N–H and O–H groups in total. The summed E-state index contributed by atoms with van der Waals surface area (Å²) < 4.78 is 64.4. The van der Waals surface area contributed by atoms with E-state index in [0.717, 1.165) is 0 Å². The molecule has 17 heavy (non-hydrogen) atoms. The fraction of sp³-hybridized carbons (Fsp3) is 0.667. The van der Waals surface area contributed by atoms with Gasteiger partial charge in [0.1, 0.15) is 11.4 Å². The van der Waals surface area contributed by atoms with Gasteiger partial charge in [0, 0.05) is 18.5 Å². The van der Waals surface area contributed by atoms with Crippen LogP contribution in [-0.2, 0) is 0 Å².